The molecule has 0 amide bonds. The summed E-state index contributed by atoms with van der Waals surface area (Å²) in [5.41, 5.74) is 0.580. The van der Waals surface area contributed by atoms with Crippen LogP contribution >= 0.6 is 22.6 Å². The Morgan fingerprint density at radius 3 is 2.38 bits per heavy atom. The number of rotatable bonds is 2. The summed E-state index contributed by atoms with van der Waals surface area (Å²) >= 11 is 2.36. The van der Waals surface area contributed by atoms with Crippen molar-refractivity contribution < 1.29 is 9.53 Å². The Balaban J connectivity index is 2.24. The zero-order valence-electron chi connectivity index (χ0n) is 10.2. The van der Waals surface area contributed by atoms with Crippen molar-refractivity contribution in [2.24, 2.45) is 17.3 Å². The maximum absolute atomic E-state index is 11.7. The van der Waals surface area contributed by atoms with Gasteiger partial charge in [0.25, 0.3) is 0 Å². The van der Waals surface area contributed by atoms with Crippen LogP contribution in [-0.2, 0) is 9.53 Å². The fourth-order valence-corrected chi connectivity index (χ4v) is 4.42. The summed E-state index contributed by atoms with van der Waals surface area (Å²) < 4.78 is 5.43. The van der Waals surface area contributed by atoms with E-state index in [4.69, 9.17) is 4.74 Å². The molecule has 2 fully saturated rings. The zero-order chi connectivity index (χ0) is 12.1. The number of hydrogen-bond acceptors (Lipinski definition) is 2. The average molecular weight is 334 g/mol. The fourth-order valence-electron chi connectivity index (χ4n) is 3.22. The molecule has 0 radical (unpaired) electrons. The van der Waals surface area contributed by atoms with Crippen molar-refractivity contribution in [3.63, 3.8) is 0 Å². The van der Waals surface area contributed by atoms with Crippen LogP contribution < -0.4 is 0 Å². The molecular formula is C13H19IO2. The van der Waals surface area contributed by atoms with Crippen molar-refractivity contribution in [2.75, 3.05) is 0 Å². The maximum atomic E-state index is 11.7. The highest BCUT2D eigenvalue weighted by Gasteiger charge is 2.64. The van der Waals surface area contributed by atoms with Gasteiger partial charge in [0.1, 0.15) is 0 Å². The third-order valence-corrected chi connectivity index (χ3v) is 6.94. The minimum atomic E-state index is -0.330. The number of halogens is 1. The molecule has 3 heteroatoms. The Labute approximate surface area is 111 Å². The van der Waals surface area contributed by atoms with E-state index < -0.39 is 0 Å². The van der Waals surface area contributed by atoms with Crippen LogP contribution in [0.15, 0.2) is 12.2 Å². The molecule has 0 spiro atoms. The van der Waals surface area contributed by atoms with Gasteiger partial charge in [0, 0.05) is 16.9 Å². The average Bonchev–Trinajstić information content (AvgIpc) is 2.70. The molecule has 3 unspecified atom stereocenters. The first kappa shape index (κ1) is 12.4. The number of fused-ring (bicyclic) bond motifs is 2. The lowest BCUT2D eigenvalue weighted by atomic mass is 9.74. The molecule has 2 aliphatic carbocycles. The Morgan fingerprint density at radius 1 is 1.38 bits per heavy atom. The maximum Gasteiger partial charge on any atom is 0.334 e. The third kappa shape index (κ3) is 1.54. The number of carbonyl (C=O) groups excluding carboxylic acids is 1. The number of carbonyl (C=O) groups is 1. The van der Waals surface area contributed by atoms with E-state index in [2.05, 4.69) is 43.0 Å². The van der Waals surface area contributed by atoms with Gasteiger partial charge in [0.15, 0.2) is 3.61 Å². The molecule has 0 aliphatic heterocycles. The van der Waals surface area contributed by atoms with Crippen LogP contribution in [0.3, 0.4) is 0 Å². The van der Waals surface area contributed by atoms with E-state index in [-0.39, 0.29) is 15.0 Å². The Kier molecular flexibility index (Phi) is 2.88. The second-order valence-corrected chi connectivity index (χ2v) is 7.35. The molecule has 2 rings (SSSR count). The van der Waals surface area contributed by atoms with Crippen LogP contribution in [0.2, 0.25) is 0 Å². The standard InChI is InChI=1S/C13H19IO2/c1-8(2)11(15)16-13(14)10-6-5-9(7-10)12(13,3)4/h9-10H,1,5-7H2,2-4H3. The van der Waals surface area contributed by atoms with Gasteiger partial charge in [-0.2, -0.15) is 0 Å². The highest BCUT2D eigenvalue weighted by Crippen LogP contribution is 2.65. The first-order valence-corrected chi connectivity index (χ1v) is 6.94. The summed E-state index contributed by atoms with van der Waals surface area (Å²) in [4.78, 5) is 11.7. The lowest BCUT2D eigenvalue weighted by Crippen LogP contribution is -2.47. The Morgan fingerprint density at radius 2 is 1.94 bits per heavy atom. The van der Waals surface area contributed by atoms with Crippen molar-refractivity contribution in [2.45, 2.75) is 43.6 Å². The molecule has 0 aromatic heterocycles. The van der Waals surface area contributed by atoms with Crippen LogP contribution in [-0.4, -0.2) is 9.58 Å². The molecule has 16 heavy (non-hydrogen) atoms. The first-order chi connectivity index (χ1) is 7.29. The lowest BCUT2D eigenvalue weighted by molar-refractivity contribution is -0.156. The van der Waals surface area contributed by atoms with Gasteiger partial charge in [-0.1, -0.05) is 20.4 Å². The van der Waals surface area contributed by atoms with Crippen molar-refractivity contribution in [1.82, 2.24) is 0 Å². The van der Waals surface area contributed by atoms with Gasteiger partial charge in [-0.15, -0.1) is 0 Å². The molecule has 0 N–H and O–H groups in total. The quantitative estimate of drug-likeness (QED) is 0.333. The monoisotopic (exact) mass is 334 g/mol. The predicted molar refractivity (Wildman–Crippen MR) is 72.3 cm³/mol. The van der Waals surface area contributed by atoms with Gasteiger partial charge in [-0.25, -0.2) is 4.79 Å². The molecule has 2 saturated carbocycles. The molecule has 0 heterocycles. The van der Waals surface area contributed by atoms with E-state index in [1.54, 1.807) is 6.92 Å². The molecular weight excluding hydrogens is 315 g/mol. The predicted octanol–water partition coefficient (Wildman–Crippen LogP) is 3.69. The van der Waals surface area contributed by atoms with Crippen LogP contribution in [0, 0.1) is 17.3 Å². The van der Waals surface area contributed by atoms with E-state index in [0.29, 0.717) is 17.4 Å². The lowest BCUT2D eigenvalue weighted by Gasteiger charge is -2.44. The summed E-state index contributed by atoms with van der Waals surface area (Å²) in [6.45, 7) is 9.83. The van der Waals surface area contributed by atoms with Crippen molar-refractivity contribution >= 4 is 28.6 Å². The highest BCUT2D eigenvalue weighted by atomic mass is 127. The van der Waals surface area contributed by atoms with Crippen LogP contribution in [0.25, 0.3) is 0 Å². The van der Waals surface area contributed by atoms with Gasteiger partial charge in [-0.3, -0.25) is 0 Å². The number of hydrogen-bond donors (Lipinski definition) is 0. The van der Waals surface area contributed by atoms with Crippen LogP contribution in [0.4, 0.5) is 0 Å². The van der Waals surface area contributed by atoms with Gasteiger partial charge >= 0.3 is 5.97 Å². The molecule has 0 saturated heterocycles. The van der Waals surface area contributed by atoms with E-state index >= 15 is 0 Å². The van der Waals surface area contributed by atoms with Crippen molar-refractivity contribution in [1.29, 1.82) is 0 Å². The van der Waals surface area contributed by atoms with Gasteiger partial charge in [-0.05, 0) is 54.7 Å². The molecule has 2 aliphatic rings. The number of ether oxygens (including phenoxy) is 1. The van der Waals surface area contributed by atoms with E-state index in [0.717, 1.165) is 0 Å². The van der Waals surface area contributed by atoms with Crippen LogP contribution in [0.1, 0.15) is 40.0 Å². The molecule has 2 nitrogen and oxygen atoms in total. The molecule has 0 aromatic rings. The normalized spacial score (nSPS) is 39.8. The summed E-state index contributed by atoms with van der Waals surface area (Å²) in [5.74, 6) is 0.985. The largest absolute Gasteiger partial charge is 0.444 e. The second kappa shape index (κ2) is 3.72. The van der Waals surface area contributed by atoms with Crippen molar-refractivity contribution in [3.05, 3.63) is 12.2 Å². The smallest absolute Gasteiger partial charge is 0.334 e. The van der Waals surface area contributed by atoms with Gasteiger partial charge in [0.05, 0.1) is 0 Å². The highest BCUT2D eigenvalue weighted by molar-refractivity contribution is 14.1. The van der Waals surface area contributed by atoms with E-state index in [9.17, 15) is 4.79 Å². The molecule has 3 atom stereocenters. The molecule has 2 bridgehead atoms. The third-order valence-electron chi connectivity index (χ3n) is 4.45. The minimum absolute atomic E-state index is 0.0849. The number of esters is 1. The van der Waals surface area contributed by atoms with Gasteiger partial charge < -0.3 is 4.74 Å². The Hall–Kier alpha value is -0.0600. The minimum Gasteiger partial charge on any atom is -0.444 e. The van der Waals surface area contributed by atoms with E-state index in [1.807, 2.05) is 0 Å². The summed E-state index contributed by atoms with van der Waals surface area (Å²) in [6.07, 6.45) is 3.69. The Bertz CT molecular complexity index is 348. The molecule has 90 valence electrons. The summed E-state index contributed by atoms with van der Waals surface area (Å²) in [5, 5.41) is 0. The summed E-state index contributed by atoms with van der Waals surface area (Å²) in [7, 11) is 0. The second-order valence-electron chi connectivity index (χ2n) is 5.74. The zero-order valence-corrected chi connectivity index (χ0v) is 12.3. The SMILES string of the molecule is C=C(C)C(=O)OC1(I)C2CCC(C2)C1(C)C. The molecule has 0 aromatic carbocycles. The topological polar surface area (TPSA) is 26.3 Å². The first-order valence-electron chi connectivity index (χ1n) is 5.87. The fraction of sp³-hybridized carbons (Fsp3) is 0.769. The number of alkyl halides is 1. The van der Waals surface area contributed by atoms with Gasteiger partial charge in [0.2, 0.25) is 0 Å². The summed E-state index contributed by atoms with van der Waals surface area (Å²) in [6, 6.07) is 0. The van der Waals surface area contributed by atoms with Crippen molar-refractivity contribution in [3.8, 4) is 0 Å². The van der Waals surface area contributed by atoms with E-state index in [1.165, 1.54) is 19.3 Å². The van der Waals surface area contributed by atoms with Crippen LogP contribution in [0.5, 0.6) is 0 Å².